The van der Waals surface area contributed by atoms with Crippen molar-refractivity contribution >= 4 is 5.91 Å². The summed E-state index contributed by atoms with van der Waals surface area (Å²) in [5.41, 5.74) is 3.23. The monoisotopic (exact) mass is 251 g/mol. The molecule has 0 radical (unpaired) electrons. The Hall–Kier alpha value is -1.39. The van der Waals surface area contributed by atoms with Gasteiger partial charge in [-0.15, -0.1) is 0 Å². The molecular weight excluding hydrogens is 230 g/mol. The molecule has 100 valence electrons. The van der Waals surface area contributed by atoms with Crippen molar-refractivity contribution in [3.8, 4) is 0 Å². The van der Waals surface area contributed by atoms with E-state index in [1.54, 1.807) is 0 Å². The minimum Gasteiger partial charge on any atom is -0.383 e. The normalized spacial score (nSPS) is 12.4. The smallest absolute Gasteiger partial charge is 0.272 e. The molecule has 4 heteroatoms. The van der Waals surface area contributed by atoms with E-state index in [2.05, 4.69) is 19.3 Å². The van der Waals surface area contributed by atoms with Gasteiger partial charge in [-0.3, -0.25) is 9.63 Å². The summed E-state index contributed by atoms with van der Waals surface area (Å²) in [7, 11) is 0. The Kier molecular flexibility index (Phi) is 6.39. The lowest BCUT2D eigenvalue weighted by molar-refractivity contribution is -0.143. The van der Waals surface area contributed by atoms with E-state index >= 15 is 0 Å². The lowest BCUT2D eigenvalue weighted by Crippen LogP contribution is -2.34. The quantitative estimate of drug-likeness (QED) is 0.729. The number of carbonyl (C=O) groups is 1. The van der Waals surface area contributed by atoms with Crippen molar-refractivity contribution in [2.45, 2.75) is 39.4 Å². The van der Waals surface area contributed by atoms with Crippen LogP contribution in [0.1, 0.15) is 32.3 Å². The number of nitrogens with one attached hydrogen (secondary N) is 1. The zero-order valence-corrected chi connectivity index (χ0v) is 10.9. The first-order chi connectivity index (χ1) is 8.59. The predicted molar refractivity (Wildman–Crippen MR) is 69.5 cm³/mol. The van der Waals surface area contributed by atoms with Gasteiger partial charge >= 0.3 is 0 Å². The second-order valence-electron chi connectivity index (χ2n) is 4.73. The molecular formula is C14H21NO3. The molecule has 2 N–H and O–H groups in total. The highest BCUT2D eigenvalue weighted by atomic mass is 16.7. The SMILES string of the molecule is CC(C)CCC(O)C(=O)NOCc1ccccc1. The molecule has 0 fully saturated rings. The van der Waals surface area contributed by atoms with E-state index in [1.807, 2.05) is 30.3 Å². The number of amides is 1. The molecule has 0 spiro atoms. The Morgan fingerprint density at radius 2 is 1.94 bits per heavy atom. The molecule has 0 bridgehead atoms. The summed E-state index contributed by atoms with van der Waals surface area (Å²) < 4.78 is 0. The van der Waals surface area contributed by atoms with Gasteiger partial charge in [0.25, 0.3) is 5.91 Å². The first kappa shape index (κ1) is 14.7. The summed E-state index contributed by atoms with van der Waals surface area (Å²) in [6.45, 7) is 4.40. The molecule has 1 unspecified atom stereocenters. The minimum atomic E-state index is -0.997. The Bertz CT molecular complexity index is 351. The number of hydrogen-bond donors (Lipinski definition) is 2. The van der Waals surface area contributed by atoms with Crippen LogP contribution in [0.25, 0.3) is 0 Å². The third-order valence-corrected chi connectivity index (χ3v) is 2.57. The molecule has 0 saturated heterocycles. The largest absolute Gasteiger partial charge is 0.383 e. The van der Waals surface area contributed by atoms with Gasteiger partial charge in [0.05, 0.1) is 6.61 Å². The van der Waals surface area contributed by atoms with E-state index in [1.165, 1.54) is 0 Å². The number of benzene rings is 1. The van der Waals surface area contributed by atoms with Gasteiger partial charge in [-0.25, -0.2) is 5.48 Å². The highest BCUT2D eigenvalue weighted by molar-refractivity contribution is 5.79. The number of hydroxylamine groups is 1. The zero-order chi connectivity index (χ0) is 13.4. The fraction of sp³-hybridized carbons (Fsp3) is 0.500. The maximum Gasteiger partial charge on any atom is 0.272 e. The van der Waals surface area contributed by atoms with Crippen LogP contribution in [0.15, 0.2) is 30.3 Å². The number of hydrogen-bond acceptors (Lipinski definition) is 3. The van der Waals surface area contributed by atoms with E-state index in [0.717, 1.165) is 12.0 Å². The second kappa shape index (κ2) is 7.84. The third-order valence-electron chi connectivity index (χ3n) is 2.57. The van der Waals surface area contributed by atoms with Crippen molar-refractivity contribution in [3.05, 3.63) is 35.9 Å². The average Bonchev–Trinajstić information content (AvgIpc) is 2.37. The van der Waals surface area contributed by atoms with Crippen molar-refractivity contribution in [2.75, 3.05) is 0 Å². The van der Waals surface area contributed by atoms with Crippen LogP contribution in [-0.4, -0.2) is 17.1 Å². The van der Waals surface area contributed by atoms with Gasteiger partial charge in [0.1, 0.15) is 6.10 Å². The summed E-state index contributed by atoms with van der Waals surface area (Å²) in [6, 6.07) is 9.52. The minimum absolute atomic E-state index is 0.295. The molecule has 0 saturated carbocycles. The van der Waals surface area contributed by atoms with Crippen molar-refractivity contribution in [2.24, 2.45) is 5.92 Å². The molecule has 18 heavy (non-hydrogen) atoms. The zero-order valence-electron chi connectivity index (χ0n) is 10.9. The van der Waals surface area contributed by atoms with Gasteiger partial charge in [-0.2, -0.15) is 0 Å². The van der Waals surface area contributed by atoms with Gasteiger partial charge in [-0.1, -0.05) is 44.2 Å². The molecule has 1 aromatic carbocycles. The van der Waals surface area contributed by atoms with Gasteiger partial charge in [0.15, 0.2) is 0 Å². The van der Waals surface area contributed by atoms with Gasteiger partial charge in [0.2, 0.25) is 0 Å². The van der Waals surface area contributed by atoms with Crippen molar-refractivity contribution in [1.29, 1.82) is 0 Å². The van der Waals surface area contributed by atoms with Gasteiger partial charge in [0, 0.05) is 0 Å². The first-order valence-electron chi connectivity index (χ1n) is 6.23. The summed E-state index contributed by atoms with van der Waals surface area (Å²) in [6.07, 6.45) is 0.272. The van der Waals surface area contributed by atoms with Gasteiger partial charge < -0.3 is 5.11 Å². The molecule has 0 aliphatic rings. The Morgan fingerprint density at radius 1 is 1.28 bits per heavy atom. The lowest BCUT2D eigenvalue weighted by Gasteiger charge is -2.12. The number of aliphatic hydroxyl groups is 1. The highest BCUT2D eigenvalue weighted by Crippen LogP contribution is 2.07. The summed E-state index contributed by atoms with van der Waals surface area (Å²) in [5, 5.41) is 9.57. The van der Waals surface area contributed by atoms with Crippen LogP contribution in [0.2, 0.25) is 0 Å². The van der Waals surface area contributed by atoms with E-state index in [-0.39, 0.29) is 0 Å². The van der Waals surface area contributed by atoms with Crippen LogP contribution in [0.5, 0.6) is 0 Å². The van der Waals surface area contributed by atoms with Crippen molar-refractivity contribution < 1.29 is 14.7 Å². The topological polar surface area (TPSA) is 58.6 Å². The Balaban J connectivity index is 2.20. The lowest BCUT2D eigenvalue weighted by atomic mass is 10.1. The maximum absolute atomic E-state index is 11.5. The van der Waals surface area contributed by atoms with Gasteiger partial charge in [-0.05, 0) is 24.3 Å². The van der Waals surface area contributed by atoms with E-state index in [0.29, 0.717) is 18.9 Å². The molecule has 1 aromatic rings. The van der Waals surface area contributed by atoms with E-state index < -0.39 is 12.0 Å². The molecule has 1 atom stereocenters. The Morgan fingerprint density at radius 3 is 2.56 bits per heavy atom. The van der Waals surface area contributed by atoms with E-state index in [4.69, 9.17) is 4.84 Å². The number of rotatable bonds is 7. The van der Waals surface area contributed by atoms with Crippen molar-refractivity contribution in [3.63, 3.8) is 0 Å². The molecule has 1 rings (SSSR count). The highest BCUT2D eigenvalue weighted by Gasteiger charge is 2.15. The van der Waals surface area contributed by atoms with Crippen LogP contribution in [0.3, 0.4) is 0 Å². The molecule has 0 aliphatic carbocycles. The van der Waals surface area contributed by atoms with Crippen LogP contribution in [0.4, 0.5) is 0 Å². The Labute approximate surface area is 108 Å². The number of carbonyl (C=O) groups excluding carboxylic acids is 1. The maximum atomic E-state index is 11.5. The van der Waals surface area contributed by atoms with Crippen LogP contribution < -0.4 is 5.48 Å². The molecule has 0 aliphatic heterocycles. The van der Waals surface area contributed by atoms with E-state index in [9.17, 15) is 9.90 Å². The third kappa shape index (κ3) is 5.80. The number of aliphatic hydroxyl groups excluding tert-OH is 1. The average molecular weight is 251 g/mol. The van der Waals surface area contributed by atoms with Crippen LogP contribution >= 0.6 is 0 Å². The van der Waals surface area contributed by atoms with Crippen LogP contribution in [0, 0.1) is 5.92 Å². The predicted octanol–water partition coefficient (Wildman–Crippen LogP) is 2.03. The molecule has 4 nitrogen and oxygen atoms in total. The summed E-state index contributed by atoms with van der Waals surface area (Å²) in [4.78, 5) is 16.5. The van der Waals surface area contributed by atoms with Crippen molar-refractivity contribution in [1.82, 2.24) is 5.48 Å². The first-order valence-corrected chi connectivity index (χ1v) is 6.23. The molecule has 1 amide bonds. The standard InChI is InChI=1S/C14H21NO3/c1-11(2)8-9-13(16)14(17)15-18-10-12-6-4-3-5-7-12/h3-7,11,13,16H,8-10H2,1-2H3,(H,15,17). The fourth-order valence-corrected chi connectivity index (χ4v) is 1.46. The molecule has 0 aromatic heterocycles. The summed E-state index contributed by atoms with van der Waals surface area (Å²) in [5.74, 6) is -0.00994. The summed E-state index contributed by atoms with van der Waals surface area (Å²) >= 11 is 0. The second-order valence-corrected chi connectivity index (χ2v) is 4.73. The fourth-order valence-electron chi connectivity index (χ4n) is 1.46. The van der Waals surface area contributed by atoms with Crippen LogP contribution in [-0.2, 0) is 16.2 Å². The molecule has 0 heterocycles.